The summed E-state index contributed by atoms with van der Waals surface area (Å²) in [5, 5.41) is 0. The van der Waals surface area contributed by atoms with Crippen molar-refractivity contribution in [2.24, 2.45) is 5.84 Å². The van der Waals surface area contributed by atoms with Crippen LogP contribution in [0.25, 0.3) is 0 Å². The van der Waals surface area contributed by atoms with Gasteiger partial charge in [-0.25, -0.2) is 5.84 Å². The Kier molecular flexibility index (Phi) is 4.65. The molecule has 2 aromatic carbocycles. The fraction of sp³-hybridized carbons (Fsp3) is 0.133. The van der Waals surface area contributed by atoms with E-state index in [0.717, 1.165) is 27.5 Å². The third-order valence-corrected chi connectivity index (χ3v) is 4.27. The number of benzene rings is 2. The number of carbonyl (C=O) groups is 1. The average molecular weight is 287 g/mol. The first kappa shape index (κ1) is 14.4. The Labute approximate surface area is 122 Å². The van der Waals surface area contributed by atoms with E-state index in [1.807, 2.05) is 43.3 Å². The van der Waals surface area contributed by atoms with Crippen LogP contribution in [-0.2, 0) is 5.75 Å². The monoisotopic (exact) mass is 287 g/mol. The predicted molar refractivity (Wildman–Crippen MR) is 83.2 cm³/mol. The number of thioether (sulfide) groups is 1. The van der Waals surface area contributed by atoms with Crippen molar-refractivity contribution in [3.8, 4) is 0 Å². The van der Waals surface area contributed by atoms with Crippen LogP contribution in [0, 0.1) is 6.92 Å². The van der Waals surface area contributed by atoms with Crippen molar-refractivity contribution in [3.63, 3.8) is 0 Å². The third-order valence-electron chi connectivity index (χ3n) is 3.04. The summed E-state index contributed by atoms with van der Waals surface area (Å²) in [5.41, 5.74) is 11.5. The zero-order valence-electron chi connectivity index (χ0n) is 11.2. The fourth-order valence-electron chi connectivity index (χ4n) is 1.83. The van der Waals surface area contributed by atoms with Gasteiger partial charge in [0, 0.05) is 21.9 Å². The first-order chi connectivity index (χ1) is 9.61. The van der Waals surface area contributed by atoms with E-state index in [9.17, 15) is 4.79 Å². The summed E-state index contributed by atoms with van der Waals surface area (Å²) in [6.45, 7) is 2.01. The van der Waals surface area contributed by atoms with E-state index in [-0.39, 0.29) is 5.91 Å². The second-order valence-electron chi connectivity index (χ2n) is 4.43. The number of amides is 1. The van der Waals surface area contributed by atoms with Crippen LogP contribution >= 0.6 is 11.8 Å². The van der Waals surface area contributed by atoms with Crippen LogP contribution < -0.4 is 17.0 Å². The molecule has 0 aliphatic rings. The normalized spacial score (nSPS) is 10.3. The highest BCUT2D eigenvalue weighted by Crippen LogP contribution is 2.29. The van der Waals surface area contributed by atoms with Gasteiger partial charge in [0.05, 0.1) is 0 Å². The quantitative estimate of drug-likeness (QED) is 0.265. The highest BCUT2D eigenvalue weighted by Gasteiger charge is 2.06. The van der Waals surface area contributed by atoms with E-state index in [4.69, 9.17) is 11.6 Å². The number of nitrogen functional groups attached to an aromatic ring is 2. The van der Waals surface area contributed by atoms with E-state index in [1.165, 1.54) is 0 Å². The number of nitrogens with two attached hydrogens (primary N) is 2. The highest BCUT2D eigenvalue weighted by atomic mass is 32.2. The Morgan fingerprint density at radius 2 is 2.00 bits per heavy atom. The molecule has 0 saturated carbocycles. The molecule has 0 saturated heterocycles. The number of nitrogens with one attached hydrogen (secondary N) is 1. The van der Waals surface area contributed by atoms with Gasteiger partial charge in [0.1, 0.15) is 0 Å². The van der Waals surface area contributed by atoms with Gasteiger partial charge in [0.15, 0.2) is 0 Å². The number of anilines is 1. The van der Waals surface area contributed by atoms with Crippen LogP contribution in [0.5, 0.6) is 0 Å². The maximum absolute atomic E-state index is 11.5. The van der Waals surface area contributed by atoms with E-state index in [0.29, 0.717) is 5.56 Å². The molecule has 1 amide bonds. The summed E-state index contributed by atoms with van der Waals surface area (Å²) < 4.78 is 0. The van der Waals surface area contributed by atoms with Crippen molar-refractivity contribution in [1.82, 2.24) is 5.43 Å². The molecule has 0 spiro atoms. The maximum atomic E-state index is 11.5. The van der Waals surface area contributed by atoms with E-state index >= 15 is 0 Å². The van der Waals surface area contributed by atoms with Crippen LogP contribution in [0.4, 0.5) is 5.69 Å². The molecule has 0 heterocycles. The van der Waals surface area contributed by atoms with Crippen LogP contribution in [-0.4, -0.2) is 5.91 Å². The molecule has 0 aromatic heterocycles. The zero-order valence-corrected chi connectivity index (χ0v) is 12.0. The third kappa shape index (κ3) is 3.31. The molecule has 0 fully saturated rings. The summed E-state index contributed by atoms with van der Waals surface area (Å²) >= 11 is 1.70. The molecule has 0 unspecified atom stereocenters. The van der Waals surface area contributed by atoms with Crippen molar-refractivity contribution < 1.29 is 4.79 Å². The van der Waals surface area contributed by atoms with Gasteiger partial charge in [-0.3, -0.25) is 10.2 Å². The molecule has 0 radical (unpaired) electrons. The zero-order chi connectivity index (χ0) is 14.5. The lowest BCUT2D eigenvalue weighted by atomic mass is 10.1. The SMILES string of the molecule is Cc1c(N)cccc1SCc1cccc(C(=O)NN)c1. The van der Waals surface area contributed by atoms with E-state index < -0.39 is 0 Å². The molecular weight excluding hydrogens is 270 g/mol. The molecule has 20 heavy (non-hydrogen) atoms. The lowest BCUT2D eigenvalue weighted by Gasteiger charge is -2.08. The van der Waals surface area contributed by atoms with Gasteiger partial charge in [-0.15, -0.1) is 11.8 Å². The second kappa shape index (κ2) is 6.45. The standard InChI is InChI=1S/C15H17N3OS/c1-10-13(16)6-3-7-14(10)20-9-11-4-2-5-12(8-11)15(19)18-17/h2-8H,9,16-17H2,1H3,(H,18,19). The summed E-state index contributed by atoms with van der Waals surface area (Å²) in [7, 11) is 0. The van der Waals surface area contributed by atoms with Gasteiger partial charge in [0.25, 0.3) is 5.91 Å². The minimum Gasteiger partial charge on any atom is -0.398 e. The van der Waals surface area contributed by atoms with Crippen LogP contribution in [0.2, 0.25) is 0 Å². The average Bonchev–Trinajstić information content (AvgIpc) is 2.48. The fourth-order valence-corrected chi connectivity index (χ4v) is 2.85. The van der Waals surface area contributed by atoms with Crippen LogP contribution in [0.3, 0.4) is 0 Å². The minimum atomic E-state index is -0.281. The lowest BCUT2D eigenvalue weighted by Crippen LogP contribution is -2.29. The van der Waals surface area contributed by atoms with Crippen LogP contribution in [0.1, 0.15) is 21.5 Å². The maximum Gasteiger partial charge on any atom is 0.265 e. The minimum absolute atomic E-state index is 0.281. The molecule has 4 nitrogen and oxygen atoms in total. The van der Waals surface area contributed by atoms with Gasteiger partial charge >= 0.3 is 0 Å². The summed E-state index contributed by atoms with van der Waals surface area (Å²) in [6.07, 6.45) is 0. The lowest BCUT2D eigenvalue weighted by molar-refractivity contribution is 0.0953. The summed E-state index contributed by atoms with van der Waals surface area (Å²) in [6, 6.07) is 13.3. The van der Waals surface area contributed by atoms with E-state index in [2.05, 4.69) is 5.43 Å². The molecule has 0 atom stereocenters. The predicted octanol–water partition coefficient (Wildman–Crippen LogP) is 2.47. The Balaban J connectivity index is 2.11. The first-order valence-corrected chi connectivity index (χ1v) is 7.18. The van der Waals surface area contributed by atoms with Crippen molar-refractivity contribution in [3.05, 3.63) is 59.2 Å². The molecule has 5 N–H and O–H groups in total. The van der Waals surface area contributed by atoms with Crippen molar-refractivity contribution >= 4 is 23.4 Å². The molecular formula is C15H17N3OS. The Morgan fingerprint density at radius 3 is 2.75 bits per heavy atom. The summed E-state index contributed by atoms with van der Waals surface area (Å²) in [4.78, 5) is 12.6. The number of rotatable bonds is 4. The molecule has 2 rings (SSSR count). The van der Waals surface area contributed by atoms with Crippen LogP contribution in [0.15, 0.2) is 47.4 Å². The topological polar surface area (TPSA) is 81.1 Å². The molecule has 104 valence electrons. The smallest absolute Gasteiger partial charge is 0.265 e. The molecule has 0 aliphatic carbocycles. The first-order valence-electron chi connectivity index (χ1n) is 6.19. The van der Waals surface area contributed by atoms with Gasteiger partial charge < -0.3 is 5.73 Å². The molecule has 0 aliphatic heterocycles. The van der Waals surface area contributed by atoms with E-state index in [1.54, 1.807) is 17.8 Å². The summed E-state index contributed by atoms with van der Waals surface area (Å²) in [5.74, 6) is 5.63. The van der Waals surface area contributed by atoms with Crippen molar-refractivity contribution in [2.75, 3.05) is 5.73 Å². The van der Waals surface area contributed by atoms with Gasteiger partial charge in [-0.2, -0.15) is 0 Å². The van der Waals surface area contributed by atoms with Gasteiger partial charge in [-0.05, 0) is 42.3 Å². The van der Waals surface area contributed by atoms with Crippen molar-refractivity contribution in [1.29, 1.82) is 0 Å². The largest absolute Gasteiger partial charge is 0.398 e. The number of hydrazine groups is 1. The van der Waals surface area contributed by atoms with Gasteiger partial charge in [0.2, 0.25) is 0 Å². The molecule has 0 bridgehead atoms. The van der Waals surface area contributed by atoms with Crippen molar-refractivity contribution in [2.45, 2.75) is 17.6 Å². The number of hydrogen-bond donors (Lipinski definition) is 3. The Morgan fingerprint density at radius 1 is 1.25 bits per heavy atom. The Hall–Kier alpha value is -1.98. The molecule has 5 heteroatoms. The number of hydrogen-bond acceptors (Lipinski definition) is 4. The second-order valence-corrected chi connectivity index (χ2v) is 5.45. The van der Waals surface area contributed by atoms with Gasteiger partial charge in [-0.1, -0.05) is 18.2 Å². The number of carbonyl (C=O) groups excluding carboxylic acids is 1. The molecule has 2 aromatic rings. The Bertz CT molecular complexity index is 628. The highest BCUT2D eigenvalue weighted by molar-refractivity contribution is 7.98.